The van der Waals surface area contributed by atoms with E-state index < -0.39 is 0 Å². The Hall–Kier alpha value is -2.74. The van der Waals surface area contributed by atoms with Crippen LogP contribution >= 0.6 is 11.8 Å². The van der Waals surface area contributed by atoms with Crippen LogP contribution in [0.4, 0.5) is 5.69 Å². The number of furan rings is 1. The van der Waals surface area contributed by atoms with Crippen LogP contribution in [0, 0.1) is 0 Å². The first-order chi connectivity index (χ1) is 12.6. The summed E-state index contributed by atoms with van der Waals surface area (Å²) in [5, 5.41) is 11.6. The highest BCUT2D eigenvalue weighted by molar-refractivity contribution is 8.00. The van der Waals surface area contributed by atoms with Crippen LogP contribution < -0.4 is 10.1 Å². The number of ether oxygens (including phenoxy) is 1. The number of methoxy groups -OCH3 is 1. The molecule has 0 aliphatic heterocycles. The van der Waals surface area contributed by atoms with Crippen LogP contribution in [0.25, 0.3) is 11.6 Å². The zero-order valence-corrected chi connectivity index (χ0v) is 15.6. The maximum absolute atomic E-state index is 12.5. The van der Waals surface area contributed by atoms with E-state index in [0.717, 1.165) is 11.4 Å². The number of rotatable bonds is 7. The molecular weight excluding hydrogens is 352 g/mol. The number of carbonyl (C=O) groups excluding carboxylic acids is 1. The Kier molecular flexibility index (Phi) is 5.62. The Labute approximate surface area is 155 Å². The predicted molar refractivity (Wildman–Crippen MR) is 100 cm³/mol. The van der Waals surface area contributed by atoms with E-state index in [4.69, 9.17) is 9.15 Å². The van der Waals surface area contributed by atoms with Crippen molar-refractivity contribution in [1.82, 2.24) is 14.8 Å². The maximum Gasteiger partial charge on any atom is 0.237 e. The minimum atomic E-state index is -0.337. The Morgan fingerprint density at radius 2 is 2.08 bits per heavy atom. The first kappa shape index (κ1) is 18.1. The van der Waals surface area contributed by atoms with Gasteiger partial charge in [0, 0.05) is 12.2 Å². The van der Waals surface area contributed by atoms with E-state index in [1.165, 1.54) is 11.8 Å². The molecule has 136 valence electrons. The van der Waals surface area contributed by atoms with E-state index in [0.29, 0.717) is 23.3 Å². The Bertz CT molecular complexity index is 859. The zero-order valence-electron chi connectivity index (χ0n) is 14.8. The fourth-order valence-corrected chi connectivity index (χ4v) is 3.29. The van der Waals surface area contributed by atoms with E-state index in [9.17, 15) is 4.79 Å². The van der Waals surface area contributed by atoms with Gasteiger partial charge in [-0.2, -0.15) is 0 Å². The third kappa shape index (κ3) is 3.91. The van der Waals surface area contributed by atoms with Gasteiger partial charge in [-0.05, 0) is 50.2 Å². The molecular formula is C18H20N4O3S. The molecule has 0 bridgehead atoms. The molecule has 7 nitrogen and oxygen atoms in total. The summed E-state index contributed by atoms with van der Waals surface area (Å²) in [6, 6.07) is 10.9. The number of nitrogens with one attached hydrogen (secondary N) is 1. The minimum Gasteiger partial charge on any atom is -0.497 e. The van der Waals surface area contributed by atoms with Crippen molar-refractivity contribution < 1.29 is 13.9 Å². The van der Waals surface area contributed by atoms with E-state index in [1.807, 2.05) is 30.5 Å². The molecule has 1 aromatic carbocycles. The second-order valence-electron chi connectivity index (χ2n) is 5.51. The minimum absolute atomic E-state index is 0.106. The molecule has 0 spiro atoms. The summed E-state index contributed by atoms with van der Waals surface area (Å²) in [5.41, 5.74) is 0.719. The molecule has 1 N–H and O–H groups in total. The molecule has 0 aliphatic rings. The van der Waals surface area contributed by atoms with E-state index >= 15 is 0 Å². The summed E-state index contributed by atoms with van der Waals surface area (Å²) >= 11 is 1.36. The van der Waals surface area contributed by atoms with Gasteiger partial charge >= 0.3 is 0 Å². The predicted octanol–water partition coefficient (Wildman–Crippen LogP) is 3.69. The summed E-state index contributed by atoms with van der Waals surface area (Å²) in [4.78, 5) is 12.5. The molecule has 0 radical (unpaired) electrons. The largest absolute Gasteiger partial charge is 0.497 e. The molecule has 1 atom stereocenters. The highest BCUT2D eigenvalue weighted by atomic mass is 32.2. The van der Waals surface area contributed by atoms with Crippen LogP contribution in [0.2, 0.25) is 0 Å². The monoisotopic (exact) mass is 372 g/mol. The second kappa shape index (κ2) is 8.09. The van der Waals surface area contributed by atoms with Gasteiger partial charge in [-0.15, -0.1) is 10.2 Å². The maximum atomic E-state index is 12.5. The standard InChI is InChI=1S/C18H20N4O3S/c1-4-22-16(15-6-5-11-25-15)20-21-18(22)26-12(2)17(23)19-13-7-9-14(24-3)10-8-13/h5-12H,4H2,1-3H3,(H,19,23)/t12-/m0/s1. The van der Waals surface area contributed by atoms with Crippen molar-refractivity contribution >= 4 is 23.4 Å². The van der Waals surface area contributed by atoms with Gasteiger partial charge < -0.3 is 14.5 Å². The van der Waals surface area contributed by atoms with Crippen LogP contribution in [-0.2, 0) is 11.3 Å². The normalized spacial score (nSPS) is 12.0. The van der Waals surface area contributed by atoms with E-state index in [2.05, 4.69) is 15.5 Å². The molecule has 0 unspecified atom stereocenters. The Morgan fingerprint density at radius 1 is 1.31 bits per heavy atom. The number of carbonyl (C=O) groups is 1. The number of anilines is 1. The highest BCUT2D eigenvalue weighted by Gasteiger charge is 2.21. The molecule has 0 fully saturated rings. The molecule has 3 aromatic rings. The van der Waals surface area contributed by atoms with Crippen molar-refractivity contribution in [3.8, 4) is 17.3 Å². The molecule has 26 heavy (non-hydrogen) atoms. The topological polar surface area (TPSA) is 82.2 Å². The summed E-state index contributed by atoms with van der Waals surface area (Å²) < 4.78 is 12.5. The van der Waals surface area contributed by atoms with Crippen molar-refractivity contribution in [3.63, 3.8) is 0 Å². The quantitative estimate of drug-likeness (QED) is 0.637. The number of amides is 1. The fourth-order valence-electron chi connectivity index (χ4n) is 2.38. The van der Waals surface area contributed by atoms with Crippen LogP contribution in [0.5, 0.6) is 5.75 Å². The molecule has 0 saturated heterocycles. The first-order valence-electron chi connectivity index (χ1n) is 8.21. The van der Waals surface area contributed by atoms with Crippen LogP contribution in [0.15, 0.2) is 52.2 Å². The lowest BCUT2D eigenvalue weighted by Crippen LogP contribution is -2.22. The summed E-state index contributed by atoms with van der Waals surface area (Å²) in [7, 11) is 1.60. The zero-order chi connectivity index (χ0) is 18.5. The van der Waals surface area contributed by atoms with Gasteiger partial charge in [0.15, 0.2) is 16.7 Å². The summed E-state index contributed by atoms with van der Waals surface area (Å²) in [6.45, 7) is 4.52. The number of benzene rings is 1. The van der Waals surface area contributed by atoms with Gasteiger partial charge in [0.25, 0.3) is 0 Å². The van der Waals surface area contributed by atoms with Crippen molar-refractivity contribution in [1.29, 1.82) is 0 Å². The average molecular weight is 372 g/mol. The third-order valence-electron chi connectivity index (χ3n) is 3.78. The third-order valence-corrected chi connectivity index (χ3v) is 4.86. The van der Waals surface area contributed by atoms with Crippen LogP contribution in [0.3, 0.4) is 0 Å². The summed E-state index contributed by atoms with van der Waals surface area (Å²) in [6.07, 6.45) is 1.60. The lowest BCUT2D eigenvalue weighted by atomic mass is 10.3. The van der Waals surface area contributed by atoms with Crippen LogP contribution in [0.1, 0.15) is 13.8 Å². The van der Waals surface area contributed by atoms with E-state index in [-0.39, 0.29) is 11.2 Å². The van der Waals surface area contributed by atoms with Gasteiger partial charge in [0.1, 0.15) is 5.75 Å². The van der Waals surface area contributed by atoms with Crippen molar-refractivity contribution in [2.24, 2.45) is 0 Å². The molecule has 2 aromatic heterocycles. The second-order valence-corrected chi connectivity index (χ2v) is 6.81. The molecule has 8 heteroatoms. The lowest BCUT2D eigenvalue weighted by molar-refractivity contribution is -0.115. The van der Waals surface area contributed by atoms with Crippen molar-refractivity contribution in [2.75, 3.05) is 12.4 Å². The molecule has 0 aliphatic carbocycles. The Balaban J connectivity index is 1.69. The van der Waals surface area contributed by atoms with Gasteiger partial charge in [0.2, 0.25) is 5.91 Å². The number of nitrogens with zero attached hydrogens (tertiary/aromatic N) is 3. The first-order valence-corrected chi connectivity index (χ1v) is 9.09. The number of hydrogen-bond donors (Lipinski definition) is 1. The number of hydrogen-bond acceptors (Lipinski definition) is 6. The van der Waals surface area contributed by atoms with Gasteiger partial charge in [-0.1, -0.05) is 11.8 Å². The highest BCUT2D eigenvalue weighted by Crippen LogP contribution is 2.27. The fraction of sp³-hybridized carbons (Fsp3) is 0.278. The lowest BCUT2D eigenvalue weighted by Gasteiger charge is -2.12. The number of thioether (sulfide) groups is 1. The van der Waals surface area contributed by atoms with Crippen molar-refractivity contribution in [3.05, 3.63) is 42.7 Å². The van der Waals surface area contributed by atoms with E-state index in [1.54, 1.807) is 37.6 Å². The van der Waals surface area contributed by atoms with Gasteiger partial charge in [0.05, 0.1) is 18.6 Å². The smallest absolute Gasteiger partial charge is 0.237 e. The molecule has 0 saturated carbocycles. The average Bonchev–Trinajstić information content (AvgIpc) is 3.31. The van der Waals surface area contributed by atoms with Crippen LogP contribution in [-0.4, -0.2) is 33.0 Å². The molecule has 3 rings (SSSR count). The SMILES string of the molecule is CCn1c(S[C@@H](C)C(=O)Nc2ccc(OC)cc2)nnc1-c1ccco1. The molecule has 2 heterocycles. The van der Waals surface area contributed by atoms with Gasteiger partial charge in [-0.3, -0.25) is 9.36 Å². The van der Waals surface area contributed by atoms with Crippen molar-refractivity contribution in [2.45, 2.75) is 30.8 Å². The summed E-state index contributed by atoms with van der Waals surface area (Å²) in [5.74, 6) is 1.95. The number of aromatic nitrogens is 3. The van der Waals surface area contributed by atoms with Gasteiger partial charge in [-0.25, -0.2) is 0 Å². The molecule has 1 amide bonds. The Morgan fingerprint density at radius 3 is 2.69 bits per heavy atom.